The molecule has 1 heteroatoms. The number of anilines is 1. The molecule has 1 nitrogen and oxygen atoms in total. The molecule has 0 saturated heterocycles. The Kier molecular flexibility index (Phi) is 5.06. The Balaban J connectivity index is 2.98. The van der Waals surface area contributed by atoms with E-state index in [4.69, 9.17) is 0 Å². The fraction of sp³-hybridized carbons (Fsp3) is 0.667. The molecule has 0 heterocycles. The summed E-state index contributed by atoms with van der Waals surface area (Å²) in [7, 11) is 0. The largest absolute Gasteiger partial charge is 0.385 e. The molecule has 1 aromatic rings. The minimum atomic E-state index is 0.299. The summed E-state index contributed by atoms with van der Waals surface area (Å²) >= 11 is 0. The lowest BCUT2D eigenvalue weighted by atomic mass is 9.69. The first-order chi connectivity index (χ1) is 8.63. The summed E-state index contributed by atoms with van der Waals surface area (Å²) in [5, 5.41) is 3.36. The third kappa shape index (κ3) is 5.26. The average molecular weight is 261 g/mol. The Morgan fingerprint density at radius 2 is 1.47 bits per heavy atom. The molecule has 0 fully saturated rings. The van der Waals surface area contributed by atoms with Gasteiger partial charge in [0.1, 0.15) is 0 Å². The van der Waals surface area contributed by atoms with Crippen molar-refractivity contribution in [3.63, 3.8) is 0 Å². The van der Waals surface area contributed by atoms with Crippen LogP contribution in [0.1, 0.15) is 66.4 Å². The fourth-order valence-electron chi connectivity index (χ4n) is 2.57. The van der Waals surface area contributed by atoms with Crippen LogP contribution in [0.5, 0.6) is 0 Å². The quantitative estimate of drug-likeness (QED) is 0.734. The van der Waals surface area contributed by atoms with E-state index < -0.39 is 0 Å². The highest BCUT2D eigenvalue weighted by molar-refractivity contribution is 5.45. The van der Waals surface area contributed by atoms with Crippen LogP contribution in [0.25, 0.3) is 0 Å². The van der Waals surface area contributed by atoms with E-state index in [9.17, 15) is 0 Å². The van der Waals surface area contributed by atoms with Crippen LogP contribution in [0.2, 0.25) is 0 Å². The summed E-state index contributed by atoms with van der Waals surface area (Å²) in [6.07, 6.45) is 1.22. The topological polar surface area (TPSA) is 12.0 Å². The second kappa shape index (κ2) is 5.98. The Bertz CT molecular complexity index is 376. The van der Waals surface area contributed by atoms with E-state index in [1.165, 1.54) is 17.7 Å². The molecule has 0 aliphatic heterocycles. The number of hydrogen-bond donors (Lipinski definition) is 1. The van der Waals surface area contributed by atoms with Gasteiger partial charge in [0.2, 0.25) is 0 Å². The van der Waals surface area contributed by atoms with Crippen LogP contribution in [0.15, 0.2) is 24.3 Å². The van der Waals surface area contributed by atoms with Crippen LogP contribution in [-0.2, 0) is 0 Å². The number of hydrogen-bond acceptors (Lipinski definition) is 1. The van der Waals surface area contributed by atoms with Crippen molar-refractivity contribution in [2.24, 2.45) is 10.8 Å². The molecule has 0 saturated carbocycles. The predicted molar refractivity (Wildman–Crippen MR) is 86.9 cm³/mol. The second-order valence-electron chi connectivity index (χ2n) is 7.84. The van der Waals surface area contributed by atoms with Crippen molar-refractivity contribution < 1.29 is 0 Å². The monoisotopic (exact) mass is 261 g/mol. The zero-order valence-electron chi connectivity index (χ0n) is 13.8. The average Bonchev–Trinajstić information content (AvgIpc) is 2.25. The van der Waals surface area contributed by atoms with Crippen molar-refractivity contribution >= 4 is 5.69 Å². The Morgan fingerprint density at radius 3 is 1.84 bits per heavy atom. The Hall–Kier alpha value is -0.980. The molecule has 1 atom stereocenters. The third-order valence-electron chi connectivity index (χ3n) is 3.56. The van der Waals surface area contributed by atoms with Crippen LogP contribution in [0.3, 0.4) is 0 Å². The van der Waals surface area contributed by atoms with E-state index in [0.717, 1.165) is 6.54 Å². The summed E-state index contributed by atoms with van der Waals surface area (Å²) in [5.74, 6) is 0.600. The number of nitrogens with one attached hydrogen (secondary N) is 1. The van der Waals surface area contributed by atoms with E-state index in [1.54, 1.807) is 0 Å². The lowest BCUT2D eigenvalue weighted by molar-refractivity contribution is 0.229. The highest BCUT2D eigenvalue weighted by atomic mass is 14.8. The maximum Gasteiger partial charge on any atom is 0.0340 e. The maximum absolute atomic E-state index is 3.36. The summed E-state index contributed by atoms with van der Waals surface area (Å²) < 4.78 is 0. The van der Waals surface area contributed by atoms with Crippen LogP contribution in [-0.4, -0.2) is 6.54 Å². The van der Waals surface area contributed by atoms with Gasteiger partial charge in [-0.3, -0.25) is 0 Å². The van der Waals surface area contributed by atoms with Gasteiger partial charge in [-0.2, -0.15) is 0 Å². The molecule has 1 aromatic carbocycles. The molecule has 0 bridgehead atoms. The molecule has 1 N–H and O–H groups in total. The molecule has 1 unspecified atom stereocenters. The van der Waals surface area contributed by atoms with Crippen LogP contribution >= 0.6 is 0 Å². The van der Waals surface area contributed by atoms with E-state index in [2.05, 4.69) is 78.0 Å². The van der Waals surface area contributed by atoms with Gasteiger partial charge < -0.3 is 5.32 Å². The first-order valence-electron chi connectivity index (χ1n) is 7.47. The number of benzene rings is 1. The minimum absolute atomic E-state index is 0.299. The maximum atomic E-state index is 3.36. The third-order valence-corrected chi connectivity index (χ3v) is 3.56. The first kappa shape index (κ1) is 16.1. The normalized spacial score (nSPS) is 14.3. The van der Waals surface area contributed by atoms with Crippen LogP contribution in [0, 0.1) is 10.8 Å². The van der Waals surface area contributed by atoms with Crippen LogP contribution < -0.4 is 5.32 Å². The van der Waals surface area contributed by atoms with Gasteiger partial charge in [-0.25, -0.2) is 0 Å². The van der Waals surface area contributed by atoms with E-state index >= 15 is 0 Å². The Morgan fingerprint density at radius 1 is 0.947 bits per heavy atom. The standard InChI is InChI=1S/C18H31N/c1-8-19-15-11-9-14(10-12-15)16(18(5,6)7)13-17(2,3)4/h9-12,16,19H,8,13H2,1-7H3. The molecule has 1 rings (SSSR count). The number of rotatable bonds is 4. The van der Waals surface area contributed by atoms with Gasteiger partial charge in [-0.05, 0) is 47.8 Å². The van der Waals surface area contributed by atoms with E-state index in [1.807, 2.05) is 0 Å². The molecule has 0 aliphatic rings. The van der Waals surface area contributed by atoms with Crippen molar-refractivity contribution in [3.05, 3.63) is 29.8 Å². The van der Waals surface area contributed by atoms with E-state index in [-0.39, 0.29) is 0 Å². The molecule has 0 radical (unpaired) electrons. The lowest BCUT2D eigenvalue weighted by Crippen LogP contribution is -2.23. The molecular formula is C18H31N. The van der Waals surface area contributed by atoms with Crippen molar-refractivity contribution in [3.8, 4) is 0 Å². The molecule has 0 amide bonds. The molecule has 0 aromatic heterocycles. The summed E-state index contributed by atoms with van der Waals surface area (Å²) in [5.41, 5.74) is 3.34. The van der Waals surface area contributed by atoms with Gasteiger partial charge in [0.25, 0.3) is 0 Å². The van der Waals surface area contributed by atoms with Crippen molar-refractivity contribution in [2.45, 2.75) is 60.8 Å². The summed E-state index contributed by atoms with van der Waals surface area (Å²) in [4.78, 5) is 0. The minimum Gasteiger partial charge on any atom is -0.385 e. The molecule has 0 aliphatic carbocycles. The molecular weight excluding hydrogens is 230 g/mol. The molecule has 19 heavy (non-hydrogen) atoms. The van der Waals surface area contributed by atoms with Crippen LogP contribution in [0.4, 0.5) is 5.69 Å². The van der Waals surface area contributed by atoms with Crippen molar-refractivity contribution in [1.82, 2.24) is 0 Å². The SMILES string of the molecule is CCNc1ccc(C(CC(C)(C)C)C(C)(C)C)cc1. The second-order valence-corrected chi connectivity index (χ2v) is 7.84. The van der Waals surface area contributed by atoms with Gasteiger partial charge in [0.05, 0.1) is 0 Å². The fourth-order valence-corrected chi connectivity index (χ4v) is 2.57. The van der Waals surface area contributed by atoms with Crippen molar-refractivity contribution in [2.75, 3.05) is 11.9 Å². The predicted octanol–water partition coefficient (Wildman–Crippen LogP) is 5.68. The van der Waals surface area contributed by atoms with E-state index in [0.29, 0.717) is 16.7 Å². The highest BCUT2D eigenvalue weighted by Gasteiger charge is 2.30. The lowest BCUT2D eigenvalue weighted by Gasteiger charge is -2.36. The zero-order valence-corrected chi connectivity index (χ0v) is 13.8. The highest BCUT2D eigenvalue weighted by Crippen LogP contribution is 2.43. The summed E-state index contributed by atoms with van der Waals surface area (Å²) in [6.45, 7) is 17.1. The zero-order chi connectivity index (χ0) is 14.7. The van der Waals surface area contributed by atoms with Gasteiger partial charge >= 0.3 is 0 Å². The van der Waals surface area contributed by atoms with Gasteiger partial charge in [0.15, 0.2) is 0 Å². The molecule has 0 spiro atoms. The van der Waals surface area contributed by atoms with Gasteiger partial charge in [0, 0.05) is 12.2 Å². The van der Waals surface area contributed by atoms with Crippen molar-refractivity contribution in [1.29, 1.82) is 0 Å². The Labute approximate surface area is 119 Å². The smallest absolute Gasteiger partial charge is 0.0340 e. The van der Waals surface area contributed by atoms with Gasteiger partial charge in [-0.1, -0.05) is 53.7 Å². The van der Waals surface area contributed by atoms with Gasteiger partial charge in [-0.15, -0.1) is 0 Å². The molecule has 108 valence electrons. The summed E-state index contributed by atoms with van der Waals surface area (Å²) in [6, 6.07) is 9.00. The first-order valence-corrected chi connectivity index (χ1v) is 7.47.